The largest absolute Gasteiger partial charge is 0.351 e. The van der Waals surface area contributed by atoms with Crippen LogP contribution in [0.3, 0.4) is 0 Å². The van der Waals surface area contributed by atoms with Crippen molar-refractivity contribution >= 4 is 41.5 Å². The van der Waals surface area contributed by atoms with Gasteiger partial charge in [0.2, 0.25) is 0 Å². The summed E-state index contributed by atoms with van der Waals surface area (Å²) >= 11 is 1.55. The van der Waals surface area contributed by atoms with Crippen LogP contribution in [-0.4, -0.2) is 34.4 Å². The number of hydrogen-bond donors (Lipinski definition) is 1. The summed E-state index contributed by atoms with van der Waals surface area (Å²) < 4.78 is 4.11. The Morgan fingerprint density at radius 2 is 2.39 bits per heavy atom. The lowest BCUT2D eigenvalue weighted by atomic mass is 9.95. The zero-order chi connectivity index (χ0) is 11.7. The predicted octanol–water partition coefficient (Wildman–Crippen LogP) is 2.32. The van der Waals surface area contributed by atoms with Crippen molar-refractivity contribution in [2.75, 3.05) is 13.1 Å². The average molecular weight is 378 g/mol. The first-order valence-electron chi connectivity index (χ1n) is 6.27. The van der Waals surface area contributed by atoms with E-state index in [4.69, 9.17) is 0 Å². The van der Waals surface area contributed by atoms with Gasteiger partial charge in [-0.05, 0) is 36.4 Å². The second kappa shape index (κ2) is 6.18. The number of rotatable bonds is 2. The maximum absolute atomic E-state index is 4.63. The molecule has 3 heterocycles. The van der Waals surface area contributed by atoms with Crippen LogP contribution in [0.4, 0.5) is 0 Å². The second-order valence-corrected chi connectivity index (χ2v) is 5.90. The van der Waals surface area contributed by atoms with Crippen LogP contribution in [0.5, 0.6) is 0 Å². The first-order valence-corrected chi connectivity index (χ1v) is 7.05. The van der Waals surface area contributed by atoms with Gasteiger partial charge < -0.3 is 10.2 Å². The Kier molecular flexibility index (Phi) is 4.83. The van der Waals surface area contributed by atoms with E-state index in [1.807, 2.05) is 6.20 Å². The molecule has 1 N–H and O–H groups in total. The number of fused-ring (bicyclic) bond motifs is 1. The Labute approximate surface area is 129 Å². The van der Waals surface area contributed by atoms with Crippen molar-refractivity contribution in [1.82, 2.24) is 14.6 Å². The Morgan fingerprint density at radius 3 is 3.17 bits per heavy atom. The number of aromatic nitrogens is 1. The Bertz CT molecular complexity index is 406. The number of halogens is 1. The Balaban J connectivity index is 0.00000120. The molecule has 2 aliphatic rings. The zero-order valence-electron chi connectivity index (χ0n) is 10.5. The first kappa shape index (κ1) is 14.0. The van der Waals surface area contributed by atoms with Crippen LogP contribution in [0.1, 0.15) is 24.6 Å². The van der Waals surface area contributed by atoms with Gasteiger partial charge in [-0.1, -0.05) is 6.92 Å². The fourth-order valence-electron chi connectivity index (χ4n) is 2.60. The number of guanidine groups is 1. The molecule has 0 bridgehead atoms. The number of nitrogens with one attached hydrogen (secondary N) is 1. The van der Waals surface area contributed by atoms with Crippen molar-refractivity contribution in [2.24, 2.45) is 10.9 Å². The van der Waals surface area contributed by atoms with E-state index in [9.17, 15) is 0 Å². The SMILES string of the molecule is CC1CCC2CN=C(NCc3ccns3)N2C1.I. The third-order valence-corrected chi connectivity index (χ3v) is 4.32. The van der Waals surface area contributed by atoms with Crippen molar-refractivity contribution in [2.45, 2.75) is 32.4 Å². The fraction of sp³-hybridized carbons (Fsp3) is 0.667. The van der Waals surface area contributed by atoms with Gasteiger partial charge in [0.15, 0.2) is 5.96 Å². The molecule has 0 radical (unpaired) electrons. The lowest BCUT2D eigenvalue weighted by Crippen LogP contribution is -2.48. The van der Waals surface area contributed by atoms with Crippen molar-refractivity contribution in [3.8, 4) is 0 Å². The van der Waals surface area contributed by atoms with E-state index in [1.54, 1.807) is 11.5 Å². The van der Waals surface area contributed by atoms with Crippen LogP contribution in [0, 0.1) is 5.92 Å². The molecule has 0 amide bonds. The smallest absolute Gasteiger partial charge is 0.194 e. The molecule has 1 aromatic rings. The molecule has 6 heteroatoms. The highest BCUT2D eigenvalue weighted by molar-refractivity contribution is 14.0. The first-order chi connectivity index (χ1) is 8.33. The third kappa shape index (κ3) is 2.96. The Morgan fingerprint density at radius 1 is 1.50 bits per heavy atom. The van der Waals surface area contributed by atoms with Crippen LogP contribution < -0.4 is 5.32 Å². The molecule has 3 rings (SSSR count). The van der Waals surface area contributed by atoms with Crippen LogP contribution in [0.15, 0.2) is 17.3 Å². The van der Waals surface area contributed by atoms with E-state index in [1.165, 1.54) is 17.7 Å². The molecule has 1 saturated heterocycles. The van der Waals surface area contributed by atoms with Gasteiger partial charge in [0.05, 0.1) is 19.1 Å². The number of nitrogens with zero attached hydrogens (tertiary/aromatic N) is 3. The van der Waals surface area contributed by atoms with Gasteiger partial charge in [-0.3, -0.25) is 4.99 Å². The van der Waals surface area contributed by atoms with Crippen molar-refractivity contribution < 1.29 is 0 Å². The minimum absolute atomic E-state index is 0. The molecular weight excluding hydrogens is 359 g/mol. The summed E-state index contributed by atoms with van der Waals surface area (Å²) in [6, 6.07) is 2.71. The lowest BCUT2D eigenvalue weighted by Gasteiger charge is -2.35. The normalized spacial score (nSPS) is 26.3. The maximum Gasteiger partial charge on any atom is 0.194 e. The van der Waals surface area contributed by atoms with Crippen molar-refractivity contribution in [3.05, 3.63) is 17.1 Å². The third-order valence-electron chi connectivity index (χ3n) is 3.58. The summed E-state index contributed by atoms with van der Waals surface area (Å²) in [4.78, 5) is 8.35. The molecule has 18 heavy (non-hydrogen) atoms. The fourth-order valence-corrected chi connectivity index (χ4v) is 3.11. The highest BCUT2D eigenvalue weighted by Crippen LogP contribution is 2.25. The number of hydrogen-bond acceptors (Lipinski definition) is 5. The molecular formula is C12H19IN4S. The summed E-state index contributed by atoms with van der Waals surface area (Å²) in [5, 5.41) is 3.45. The molecule has 2 unspecified atom stereocenters. The molecule has 4 nitrogen and oxygen atoms in total. The van der Waals surface area contributed by atoms with Crippen LogP contribution in [0.2, 0.25) is 0 Å². The van der Waals surface area contributed by atoms with Crippen LogP contribution in [-0.2, 0) is 6.54 Å². The summed E-state index contributed by atoms with van der Waals surface area (Å²) in [6.45, 7) is 5.30. The quantitative estimate of drug-likeness (QED) is 0.804. The molecule has 0 aliphatic carbocycles. The highest BCUT2D eigenvalue weighted by atomic mass is 127. The van der Waals surface area contributed by atoms with Crippen molar-refractivity contribution in [3.63, 3.8) is 0 Å². The minimum atomic E-state index is 0. The van der Waals surface area contributed by atoms with Crippen molar-refractivity contribution in [1.29, 1.82) is 0 Å². The van der Waals surface area contributed by atoms with E-state index in [-0.39, 0.29) is 24.0 Å². The summed E-state index contributed by atoms with van der Waals surface area (Å²) in [6.07, 6.45) is 4.49. The summed E-state index contributed by atoms with van der Waals surface area (Å²) in [5.74, 6) is 1.88. The Hall–Kier alpha value is -0.370. The van der Waals surface area contributed by atoms with E-state index in [0.717, 1.165) is 31.5 Å². The molecule has 0 spiro atoms. The zero-order valence-corrected chi connectivity index (χ0v) is 13.6. The highest BCUT2D eigenvalue weighted by Gasteiger charge is 2.32. The van der Waals surface area contributed by atoms with E-state index in [2.05, 4.69) is 32.6 Å². The topological polar surface area (TPSA) is 40.5 Å². The maximum atomic E-state index is 4.63. The van der Waals surface area contributed by atoms with Gasteiger partial charge in [-0.25, -0.2) is 4.37 Å². The predicted molar refractivity (Wildman–Crippen MR) is 85.6 cm³/mol. The summed E-state index contributed by atoms with van der Waals surface area (Å²) in [5.41, 5.74) is 0. The van der Waals surface area contributed by atoms with Gasteiger partial charge in [0.1, 0.15) is 0 Å². The van der Waals surface area contributed by atoms with E-state index in [0.29, 0.717) is 6.04 Å². The standard InChI is InChI=1S/C12H18N4S.HI/c1-9-2-3-10-6-13-12(16(10)8-9)14-7-11-4-5-15-17-11;/h4-5,9-10H,2-3,6-8H2,1H3,(H,13,14);1H. The monoisotopic (exact) mass is 378 g/mol. The van der Waals surface area contributed by atoms with Crippen LogP contribution >= 0.6 is 35.5 Å². The van der Waals surface area contributed by atoms with Crippen LogP contribution in [0.25, 0.3) is 0 Å². The van der Waals surface area contributed by atoms with E-state index < -0.39 is 0 Å². The average Bonchev–Trinajstić information content (AvgIpc) is 2.94. The molecule has 1 aromatic heterocycles. The summed E-state index contributed by atoms with van der Waals surface area (Å²) in [7, 11) is 0. The van der Waals surface area contributed by atoms with Gasteiger partial charge >= 0.3 is 0 Å². The molecule has 2 aliphatic heterocycles. The number of aliphatic imine (C=N–C) groups is 1. The lowest BCUT2D eigenvalue weighted by molar-refractivity contribution is 0.211. The van der Waals surface area contributed by atoms with Gasteiger partial charge in [-0.15, -0.1) is 24.0 Å². The molecule has 100 valence electrons. The minimum Gasteiger partial charge on any atom is -0.351 e. The number of piperidine rings is 1. The second-order valence-electron chi connectivity index (χ2n) is 4.99. The molecule has 1 fully saturated rings. The molecule has 0 saturated carbocycles. The van der Waals surface area contributed by atoms with Gasteiger partial charge in [0.25, 0.3) is 0 Å². The van der Waals surface area contributed by atoms with E-state index >= 15 is 0 Å². The van der Waals surface area contributed by atoms with Gasteiger partial charge in [-0.2, -0.15) is 0 Å². The molecule has 2 atom stereocenters. The molecule has 0 aromatic carbocycles. The van der Waals surface area contributed by atoms with Gasteiger partial charge in [0, 0.05) is 17.6 Å².